The number of morpholine rings is 1. The van der Waals surface area contributed by atoms with E-state index in [1.165, 1.54) is 0 Å². The topological polar surface area (TPSA) is 95.3 Å². The number of rotatable bonds is 7. The van der Waals surface area contributed by atoms with Crippen molar-refractivity contribution in [2.24, 2.45) is 0 Å². The zero-order valence-corrected chi connectivity index (χ0v) is 20.5. The average Bonchev–Trinajstić information content (AvgIpc) is 3.29. The molecule has 35 heavy (non-hydrogen) atoms. The van der Waals surface area contributed by atoms with Crippen molar-refractivity contribution in [2.75, 3.05) is 50.2 Å². The lowest BCUT2D eigenvalue weighted by Gasteiger charge is -2.29. The van der Waals surface area contributed by atoms with Gasteiger partial charge in [0.05, 0.1) is 42.1 Å². The predicted molar refractivity (Wildman–Crippen MR) is 140 cm³/mol. The molecule has 182 valence electrons. The van der Waals surface area contributed by atoms with E-state index < -0.39 is 0 Å². The van der Waals surface area contributed by atoms with Crippen LogP contribution in [0, 0.1) is 6.92 Å². The van der Waals surface area contributed by atoms with Gasteiger partial charge in [0.25, 0.3) is 5.56 Å². The van der Waals surface area contributed by atoms with Gasteiger partial charge in [0.15, 0.2) is 0 Å². The number of benzene rings is 2. The Balaban J connectivity index is 1.40. The molecule has 0 amide bonds. The SMILES string of the molecule is COc1ccc(CCNc2cc[nH]c(=O)c2-c2nc3c(C)cc(N4CCOCC4)cc3[nH]2)cc1Cl. The molecule has 1 aliphatic heterocycles. The number of ether oxygens (including phenoxy) is 2. The quantitative estimate of drug-likeness (QED) is 0.353. The summed E-state index contributed by atoms with van der Waals surface area (Å²) in [4.78, 5) is 26.1. The summed E-state index contributed by atoms with van der Waals surface area (Å²) in [6.45, 7) is 5.84. The molecule has 0 saturated carbocycles. The minimum absolute atomic E-state index is 0.201. The third kappa shape index (κ3) is 4.85. The van der Waals surface area contributed by atoms with Crippen molar-refractivity contribution in [3.8, 4) is 17.1 Å². The first-order valence-electron chi connectivity index (χ1n) is 11.6. The van der Waals surface area contributed by atoms with Crippen LogP contribution in [0.25, 0.3) is 22.4 Å². The molecule has 0 unspecified atom stereocenters. The summed E-state index contributed by atoms with van der Waals surface area (Å²) in [7, 11) is 1.60. The lowest BCUT2D eigenvalue weighted by molar-refractivity contribution is 0.122. The highest BCUT2D eigenvalue weighted by molar-refractivity contribution is 6.32. The molecule has 0 spiro atoms. The average molecular weight is 494 g/mol. The minimum Gasteiger partial charge on any atom is -0.495 e. The van der Waals surface area contributed by atoms with Crippen LogP contribution in [0.2, 0.25) is 5.02 Å². The van der Waals surface area contributed by atoms with Crippen LogP contribution in [0.3, 0.4) is 0 Å². The lowest BCUT2D eigenvalue weighted by atomic mass is 10.1. The monoisotopic (exact) mass is 493 g/mol. The summed E-state index contributed by atoms with van der Waals surface area (Å²) in [5.41, 5.74) is 6.04. The summed E-state index contributed by atoms with van der Waals surface area (Å²) in [5.74, 6) is 1.19. The number of imidazole rings is 1. The smallest absolute Gasteiger partial charge is 0.261 e. The van der Waals surface area contributed by atoms with E-state index in [-0.39, 0.29) is 5.56 Å². The maximum Gasteiger partial charge on any atom is 0.261 e. The van der Waals surface area contributed by atoms with E-state index in [2.05, 4.69) is 32.3 Å². The Hall–Kier alpha value is -3.49. The summed E-state index contributed by atoms with van der Waals surface area (Å²) in [6.07, 6.45) is 2.38. The summed E-state index contributed by atoms with van der Waals surface area (Å²) in [6, 6.07) is 11.8. The van der Waals surface area contributed by atoms with Crippen molar-refractivity contribution >= 4 is 34.0 Å². The van der Waals surface area contributed by atoms with Gasteiger partial charge >= 0.3 is 0 Å². The van der Waals surface area contributed by atoms with Crippen LogP contribution in [-0.2, 0) is 11.2 Å². The van der Waals surface area contributed by atoms with Crippen LogP contribution in [0.5, 0.6) is 5.75 Å². The third-order valence-corrected chi connectivity index (χ3v) is 6.58. The van der Waals surface area contributed by atoms with Gasteiger partial charge in [-0.15, -0.1) is 0 Å². The van der Waals surface area contributed by atoms with Gasteiger partial charge in [-0.1, -0.05) is 17.7 Å². The van der Waals surface area contributed by atoms with Crippen molar-refractivity contribution in [2.45, 2.75) is 13.3 Å². The van der Waals surface area contributed by atoms with Crippen molar-refractivity contribution < 1.29 is 9.47 Å². The molecule has 0 radical (unpaired) electrons. The van der Waals surface area contributed by atoms with Gasteiger partial charge in [0.2, 0.25) is 0 Å². The maximum absolute atomic E-state index is 12.9. The van der Waals surface area contributed by atoms with E-state index in [4.69, 9.17) is 26.1 Å². The lowest BCUT2D eigenvalue weighted by Crippen LogP contribution is -2.36. The minimum atomic E-state index is -0.201. The number of hydrogen-bond donors (Lipinski definition) is 3. The number of aromatic amines is 2. The first kappa shape index (κ1) is 23.3. The Morgan fingerprint density at radius 1 is 1.20 bits per heavy atom. The second kappa shape index (κ2) is 10.0. The van der Waals surface area contributed by atoms with Gasteiger partial charge in [0, 0.05) is 31.5 Å². The van der Waals surface area contributed by atoms with Crippen molar-refractivity contribution in [1.29, 1.82) is 0 Å². The molecule has 1 saturated heterocycles. The summed E-state index contributed by atoms with van der Waals surface area (Å²) in [5, 5.41) is 3.97. The zero-order valence-electron chi connectivity index (χ0n) is 19.8. The Morgan fingerprint density at radius 3 is 2.80 bits per heavy atom. The van der Waals surface area contributed by atoms with Crippen molar-refractivity contribution in [3.63, 3.8) is 0 Å². The number of pyridine rings is 1. The number of anilines is 2. The number of nitrogens with zero attached hydrogens (tertiary/aromatic N) is 2. The maximum atomic E-state index is 12.9. The molecular weight excluding hydrogens is 466 g/mol. The largest absolute Gasteiger partial charge is 0.495 e. The highest BCUT2D eigenvalue weighted by Crippen LogP contribution is 2.30. The fourth-order valence-corrected chi connectivity index (χ4v) is 4.74. The first-order valence-corrected chi connectivity index (χ1v) is 12.0. The first-order chi connectivity index (χ1) is 17.0. The predicted octanol–water partition coefficient (Wildman–Crippen LogP) is 4.38. The standard InChI is InChI=1S/C26H28ClN5O3/c1-16-13-18(32-9-11-35-12-10-32)15-21-24(16)31-25(30-21)23-20(6-8-29-26(23)33)28-7-5-17-3-4-22(34-2)19(27)14-17/h3-4,6,8,13-15H,5,7,9-12H2,1-2H3,(H,30,31)(H2,28,29,33). The Kier molecular flexibility index (Phi) is 6.66. The van der Waals surface area contributed by atoms with Gasteiger partial charge in [-0.3, -0.25) is 4.79 Å². The fraction of sp³-hybridized carbons (Fsp3) is 0.308. The molecule has 8 nitrogen and oxygen atoms in total. The van der Waals surface area contributed by atoms with Gasteiger partial charge in [-0.05, 0) is 54.8 Å². The molecule has 3 N–H and O–H groups in total. The third-order valence-electron chi connectivity index (χ3n) is 6.28. The molecule has 2 aromatic heterocycles. The van der Waals surface area contributed by atoms with Crippen LogP contribution >= 0.6 is 11.6 Å². The molecule has 1 fully saturated rings. The molecule has 0 aliphatic carbocycles. The van der Waals surface area contributed by atoms with Crippen LogP contribution < -0.4 is 20.5 Å². The van der Waals surface area contributed by atoms with Crippen LogP contribution in [-0.4, -0.2) is 54.9 Å². The number of hydrogen-bond acceptors (Lipinski definition) is 6. The molecule has 5 rings (SSSR count). The van der Waals surface area contributed by atoms with Crippen molar-refractivity contribution in [3.05, 3.63) is 69.1 Å². The number of aryl methyl sites for hydroxylation is 1. The molecule has 3 heterocycles. The molecule has 0 atom stereocenters. The van der Waals surface area contributed by atoms with E-state index in [1.54, 1.807) is 13.3 Å². The van der Waals surface area contributed by atoms with Gasteiger partial charge in [0.1, 0.15) is 17.1 Å². The van der Waals surface area contributed by atoms with E-state index in [0.717, 1.165) is 66.3 Å². The van der Waals surface area contributed by atoms with E-state index in [1.807, 2.05) is 31.2 Å². The normalized spacial score (nSPS) is 13.9. The van der Waals surface area contributed by atoms with E-state index in [9.17, 15) is 4.79 Å². The number of H-pyrrole nitrogens is 2. The number of halogens is 1. The Labute approximate surface area is 208 Å². The summed E-state index contributed by atoms with van der Waals surface area (Å²) < 4.78 is 10.7. The number of methoxy groups -OCH3 is 1. The second-order valence-corrected chi connectivity index (χ2v) is 8.99. The van der Waals surface area contributed by atoms with E-state index >= 15 is 0 Å². The van der Waals surface area contributed by atoms with E-state index in [0.29, 0.717) is 28.7 Å². The van der Waals surface area contributed by atoms with Crippen molar-refractivity contribution in [1.82, 2.24) is 15.0 Å². The highest BCUT2D eigenvalue weighted by atomic mass is 35.5. The number of nitrogens with one attached hydrogen (secondary N) is 3. The van der Waals surface area contributed by atoms with Crippen LogP contribution in [0.1, 0.15) is 11.1 Å². The molecule has 2 aromatic carbocycles. The zero-order chi connectivity index (χ0) is 24.4. The Bertz CT molecular complexity index is 1410. The number of fused-ring (bicyclic) bond motifs is 1. The molecule has 1 aliphatic rings. The number of aromatic nitrogens is 3. The van der Waals surface area contributed by atoms with Gasteiger partial charge in [-0.25, -0.2) is 4.98 Å². The molecule has 0 bridgehead atoms. The van der Waals surface area contributed by atoms with Gasteiger partial charge < -0.3 is 29.7 Å². The summed E-state index contributed by atoms with van der Waals surface area (Å²) >= 11 is 6.25. The highest BCUT2D eigenvalue weighted by Gasteiger charge is 2.18. The van der Waals surface area contributed by atoms with Crippen LogP contribution in [0.4, 0.5) is 11.4 Å². The second-order valence-electron chi connectivity index (χ2n) is 8.58. The molecular formula is C26H28ClN5O3. The Morgan fingerprint density at radius 2 is 2.03 bits per heavy atom. The molecule has 4 aromatic rings. The molecule has 9 heteroatoms. The van der Waals surface area contributed by atoms with Gasteiger partial charge in [-0.2, -0.15) is 0 Å². The van der Waals surface area contributed by atoms with Crippen LogP contribution in [0.15, 0.2) is 47.4 Å². The fourth-order valence-electron chi connectivity index (χ4n) is 4.46.